The van der Waals surface area contributed by atoms with Crippen molar-refractivity contribution in [1.82, 2.24) is 0 Å². The molecule has 0 spiro atoms. The van der Waals surface area contributed by atoms with E-state index >= 15 is 0 Å². The topological polar surface area (TPSA) is 35.5 Å². The molecule has 0 heterocycles. The molecule has 0 aliphatic heterocycles. The van der Waals surface area contributed by atoms with Crippen molar-refractivity contribution in [3.05, 3.63) is 0 Å². The van der Waals surface area contributed by atoms with E-state index in [1.807, 2.05) is 6.92 Å². The van der Waals surface area contributed by atoms with E-state index in [2.05, 4.69) is 9.05 Å². The maximum atomic E-state index is 10.3. The Labute approximate surface area is 66.8 Å². The van der Waals surface area contributed by atoms with E-state index in [9.17, 15) is 4.57 Å². The molecule has 0 N–H and O–H groups in total. The fraction of sp³-hybridized carbons (Fsp3) is 1.00. The van der Waals surface area contributed by atoms with Gasteiger partial charge in [0.1, 0.15) is 6.61 Å². The van der Waals surface area contributed by atoms with Crippen molar-refractivity contribution in [1.29, 1.82) is 0 Å². The second-order valence-corrected chi connectivity index (χ2v) is 2.31. The van der Waals surface area contributed by atoms with Crippen LogP contribution in [0.5, 0.6) is 0 Å². The van der Waals surface area contributed by atoms with E-state index in [-0.39, 0.29) is 17.4 Å². The average molecular weight is 167 g/mol. The number of hydrogen-bond donors (Lipinski definition) is 0. The molecule has 0 aromatic carbocycles. The molecule has 0 aromatic heterocycles. The third-order valence-corrected chi connectivity index (χ3v) is 1.24. The first-order valence-electron chi connectivity index (χ1n) is 2.45. The molecular weight excluding hydrogens is 154 g/mol. The third-order valence-electron chi connectivity index (χ3n) is 0.550. The van der Waals surface area contributed by atoms with Gasteiger partial charge in [0.2, 0.25) is 0 Å². The summed E-state index contributed by atoms with van der Waals surface area (Å²) in [5.74, 6) is 0. The molecule has 0 fully saturated rings. The first kappa shape index (κ1) is 12.2. The fourth-order valence-corrected chi connectivity index (χ4v) is 0.656. The minimum Gasteiger partial charge on any atom is -0.122 e. The fourth-order valence-electron chi connectivity index (χ4n) is 0.219. The quantitative estimate of drug-likeness (QED) is 0.452. The van der Waals surface area contributed by atoms with Crippen LogP contribution in [0.25, 0.3) is 0 Å². The van der Waals surface area contributed by atoms with Gasteiger partial charge < -0.3 is 0 Å². The summed E-state index contributed by atoms with van der Waals surface area (Å²) in [5, 5.41) is 0. The van der Waals surface area contributed by atoms with Gasteiger partial charge in [-0.15, -0.1) is 9.05 Å². The molecule has 0 amide bonds. The van der Waals surface area contributed by atoms with Crippen LogP contribution >= 0.6 is 8.25 Å². The Balaban J connectivity index is 0. The lowest BCUT2D eigenvalue weighted by molar-refractivity contribution is 0.256. The highest BCUT2D eigenvalue weighted by atomic mass is 31.1. The first-order valence-corrected chi connectivity index (χ1v) is 3.55. The highest BCUT2D eigenvalue weighted by Gasteiger charge is 2.14. The van der Waals surface area contributed by atoms with Gasteiger partial charge in [-0.1, -0.05) is 6.92 Å². The second-order valence-electron chi connectivity index (χ2n) is 1.24. The standard InChI is InChI=1S/C4H10O3P.Al.3H/c1-3-4-7-8(5)6-2;;;;/h3-4H2,1-2H3;;;;/q+1;;;;. The normalized spacial score (nSPS) is 10.2. The molecule has 0 saturated heterocycles. The van der Waals surface area contributed by atoms with E-state index in [0.717, 1.165) is 6.42 Å². The van der Waals surface area contributed by atoms with Gasteiger partial charge in [-0.05, 0) is 6.42 Å². The summed E-state index contributed by atoms with van der Waals surface area (Å²) in [4.78, 5) is 0. The van der Waals surface area contributed by atoms with Crippen LogP contribution in [0.2, 0.25) is 0 Å². The number of rotatable bonds is 4. The van der Waals surface area contributed by atoms with Crippen molar-refractivity contribution in [2.75, 3.05) is 13.7 Å². The van der Waals surface area contributed by atoms with Gasteiger partial charge in [0.15, 0.2) is 17.4 Å². The summed E-state index contributed by atoms with van der Waals surface area (Å²) in [6.07, 6.45) is 0.866. The van der Waals surface area contributed by atoms with Crippen molar-refractivity contribution in [3.8, 4) is 0 Å². The second kappa shape index (κ2) is 8.55. The van der Waals surface area contributed by atoms with Gasteiger partial charge in [0, 0.05) is 4.57 Å². The van der Waals surface area contributed by atoms with Crippen LogP contribution in [0.3, 0.4) is 0 Å². The largest absolute Gasteiger partial charge is 0.697 e. The summed E-state index contributed by atoms with van der Waals surface area (Å²) >= 11 is 0. The lowest BCUT2D eigenvalue weighted by Crippen LogP contribution is -1.82. The lowest BCUT2D eigenvalue weighted by atomic mass is 10.5. The van der Waals surface area contributed by atoms with Gasteiger partial charge >= 0.3 is 8.25 Å². The zero-order valence-corrected chi connectivity index (χ0v) is 5.98. The van der Waals surface area contributed by atoms with E-state index in [1.54, 1.807) is 0 Å². The first-order chi connectivity index (χ1) is 3.81. The van der Waals surface area contributed by atoms with Crippen molar-refractivity contribution in [2.24, 2.45) is 0 Å². The SMILES string of the molecule is CCCO[P+](=O)OC.[AlH3]. The van der Waals surface area contributed by atoms with Crippen molar-refractivity contribution in [2.45, 2.75) is 13.3 Å². The Morgan fingerprint density at radius 1 is 1.56 bits per heavy atom. The molecule has 1 atom stereocenters. The summed E-state index contributed by atoms with van der Waals surface area (Å²) in [6.45, 7) is 2.45. The Morgan fingerprint density at radius 3 is 2.44 bits per heavy atom. The Bertz CT molecular complexity index is 78.2. The summed E-state index contributed by atoms with van der Waals surface area (Å²) in [7, 11) is -0.479. The predicted molar refractivity (Wildman–Crippen MR) is 40.8 cm³/mol. The minimum atomic E-state index is -1.83. The Morgan fingerprint density at radius 2 is 2.11 bits per heavy atom. The van der Waals surface area contributed by atoms with E-state index < -0.39 is 8.25 Å². The highest BCUT2D eigenvalue weighted by Crippen LogP contribution is 2.20. The molecule has 0 saturated carbocycles. The van der Waals surface area contributed by atoms with Crippen LogP contribution in [-0.4, -0.2) is 31.1 Å². The molecule has 3 nitrogen and oxygen atoms in total. The van der Waals surface area contributed by atoms with Gasteiger partial charge in [-0.25, -0.2) is 0 Å². The molecule has 0 radical (unpaired) electrons. The Hall–Kier alpha value is 0.552. The minimum absolute atomic E-state index is 0. The van der Waals surface area contributed by atoms with Gasteiger partial charge in [-0.3, -0.25) is 0 Å². The van der Waals surface area contributed by atoms with Gasteiger partial charge in [-0.2, -0.15) is 0 Å². The van der Waals surface area contributed by atoms with E-state index in [1.165, 1.54) is 7.11 Å². The van der Waals surface area contributed by atoms with Crippen LogP contribution in [0.1, 0.15) is 13.3 Å². The van der Waals surface area contributed by atoms with Crippen LogP contribution in [0, 0.1) is 0 Å². The molecule has 0 aliphatic carbocycles. The molecular formula is C4H13AlO3P+. The van der Waals surface area contributed by atoms with Gasteiger partial charge in [0.25, 0.3) is 0 Å². The van der Waals surface area contributed by atoms with Crippen LogP contribution in [0.4, 0.5) is 0 Å². The van der Waals surface area contributed by atoms with Crippen molar-refractivity contribution in [3.63, 3.8) is 0 Å². The molecule has 0 aliphatic rings. The molecule has 1 unspecified atom stereocenters. The van der Waals surface area contributed by atoms with Crippen LogP contribution in [-0.2, 0) is 13.6 Å². The van der Waals surface area contributed by atoms with E-state index in [0.29, 0.717) is 6.61 Å². The smallest absolute Gasteiger partial charge is 0.122 e. The zero-order chi connectivity index (χ0) is 6.41. The average Bonchev–Trinajstić information content (AvgIpc) is 1.83. The number of hydrogen-bond acceptors (Lipinski definition) is 3. The third kappa shape index (κ3) is 8.55. The van der Waals surface area contributed by atoms with Crippen LogP contribution < -0.4 is 0 Å². The summed E-state index contributed by atoms with van der Waals surface area (Å²) in [5.41, 5.74) is 0. The van der Waals surface area contributed by atoms with E-state index in [4.69, 9.17) is 0 Å². The molecule has 0 bridgehead atoms. The summed E-state index contributed by atoms with van der Waals surface area (Å²) < 4.78 is 19.2. The van der Waals surface area contributed by atoms with Crippen LogP contribution in [0.15, 0.2) is 0 Å². The molecule has 54 valence electrons. The predicted octanol–water partition coefficient (Wildman–Crippen LogP) is 0.533. The lowest BCUT2D eigenvalue weighted by Gasteiger charge is -1.80. The molecule has 9 heavy (non-hydrogen) atoms. The zero-order valence-electron chi connectivity index (χ0n) is 5.09. The van der Waals surface area contributed by atoms with Crippen molar-refractivity contribution < 1.29 is 13.6 Å². The molecule has 0 aromatic rings. The maximum Gasteiger partial charge on any atom is 0.697 e. The summed E-state index contributed by atoms with van der Waals surface area (Å²) in [6, 6.07) is 0. The molecule has 5 heteroatoms. The molecule has 0 rings (SSSR count). The maximum absolute atomic E-state index is 10.3. The van der Waals surface area contributed by atoms with Crippen molar-refractivity contribution >= 4 is 25.6 Å². The van der Waals surface area contributed by atoms with Gasteiger partial charge in [0.05, 0.1) is 7.11 Å². The highest BCUT2D eigenvalue weighted by molar-refractivity contribution is 7.33. The Kier molecular flexibility index (Phi) is 11.6. The monoisotopic (exact) mass is 167 g/mol.